The van der Waals surface area contributed by atoms with Gasteiger partial charge < -0.3 is 9.73 Å². The summed E-state index contributed by atoms with van der Waals surface area (Å²) in [4.78, 5) is 6.43. The van der Waals surface area contributed by atoms with Crippen LogP contribution in [-0.4, -0.2) is 23.5 Å². The maximum Gasteiger partial charge on any atom is 0.118 e. The Bertz CT molecular complexity index is 536. The lowest BCUT2D eigenvalue weighted by atomic mass is 10.2. The summed E-state index contributed by atoms with van der Waals surface area (Å²) in [5.41, 5.74) is 2.49. The van der Waals surface area contributed by atoms with Gasteiger partial charge in [0.05, 0.1) is 6.54 Å². The molecule has 0 bridgehead atoms. The predicted octanol–water partition coefficient (Wildman–Crippen LogP) is 3.11. The Labute approximate surface area is 127 Å². The van der Waals surface area contributed by atoms with Crippen molar-refractivity contribution >= 4 is 0 Å². The van der Waals surface area contributed by atoms with E-state index in [1.807, 2.05) is 19.2 Å². The van der Waals surface area contributed by atoms with E-state index < -0.39 is 0 Å². The number of nitrogens with one attached hydrogen (secondary N) is 1. The molecule has 0 atom stereocenters. The number of aryl methyl sites for hydroxylation is 1. The molecule has 4 heteroatoms. The average molecular weight is 287 g/mol. The molecule has 2 aromatic rings. The van der Waals surface area contributed by atoms with E-state index in [1.54, 1.807) is 6.20 Å². The van der Waals surface area contributed by atoms with Crippen LogP contribution in [0.3, 0.4) is 0 Å². The van der Waals surface area contributed by atoms with E-state index in [2.05, 4.69) is 41.3 Å². The minimum atomic E-state index is 0.807. The van der Waals surface area contributed by atoms with E-state index in [4.69, 9.17) is 4.42 Å². The van der Waals surface area contributed by atoms with Gasteiger partial charge in [0.15, 0.2) is 0 Å². The van der Waals surface area contributed by atoms with E-state index >= 15 is 0 Å². The van der Waals surface area contributed by atoms with Gasteiger partial charge in [-0.15, -0.1) is 0 Å². The second-order valence-corrected chi connectivity index (χ2v) is 5.50. The van der Waals surface area contributed by atoms with Gasteiger partial charge >= 0.3 is 0 Å². The Hall–Kier alpha value is -1.65. The molecular weight excluding hydrogens is 262 g/mol. The fraction of sp³-hybridized carbons (Fsp3) is 0.471. The quantitative estimate of drug-likeness (QED) is 0.757. The predicted molar refractivity (Wildman–Crippen MR) is 84.9 cm³/mol. The molecule has 0 aliphatic heterocycles. The van der Waals surface area contributed by atoms with Crippen molar-refractivity contribution in [3.8, 4) is 0 Å². The molecule has 114 valence electrons. The zero-order valence-corrected chi connectivity index (χ0v) is 13.2. The van der Waals surface area contributed by atoms with Crippen molar-refractivity contribution in [1.82, 2.24) is 15.2 Å². The highest BCUT2D eigenvalue weighted by atomic mass is 16.3. The molecule has 0 aliphatic rings. The summed E-state index contributed by atoms with van der Waals surface area (Å²) in [6.45, 7) is 7.81. The molecule has 0 radical (unpaired) electrons. The van der Waals surface area contributed by atoms with Crippen LogP contribution in [0.15, 0.2) is 35.0 Å². The molecule has 0 fully saturated rings. The van der Waals surface area contributed by atoms with Gasteiger partial charge in [0.25, 0.3) is 0 Å². The standard InChI is InChI=1S/C17H25N3O/c1-4-7-18-11-17-9-16(14(2)21-17)13-20(3)12-15-6-5-8-19-10-15/h5-6,8-10,18H,4,7,11-13H2,1-3H3. The second kappa shape index (κ2) is 7.96. The first kappa shape index (κ1) is 15.7. The highest BCUT2D eigenvalue weighted by molar-refractivity contribution is 5.21. The van der Waals surface area contributed by atoms with Gasteiger partial charge in [0, 0.05) is 31.0 Å². The van der Waals surface area contributed by atoms with Crippen molar-refractivity contribution in [2.75, 3.05) is 13.6 Å². The normalized spacial score (nSPS) is 11.2. The molecule has 0 saturated carbocycles. The Kier molecular flexibility index (Phi) is 5.96. The Morgan fingerprint density at radius 2 is 2.19 bits per heavy atom. The number of pyridine rings is 1. The maximum absolute atomic E-state index is 5.81. The fourth-order valence-corrected chi connectivity index (χ4v) is 2.37. The molecule has 4 nitrogen and oxygen atoms in total. The largest absolute Gasteiger partial charge is 0.465 e. The van der Waals surface area contributed by atoms with Crippen molar-refractivity contribution < 1.29 is 4.42 Å². The first-order valence-electron chi connectivity index (χ1n) is 7.55. The molecule has 0 unspecified atom stereocenters. The highest BCUT2D eigenvalue weighted by Crippen LogP contribution is 2.17. The van der Waals surface area contributed by atoms with E-state index in [0.29, 0.717) is 0 Å². The lowest BCUT2D eigenvalue weighted by Gasteiger charge is -2.15. The van der Waals surface area contributed by atoms with Crippen LogP contribution in [0.4, 0.5) is 0 Å². The zero-order valence-electron chi connectivity index (χ0n) is 13.2. The third-order valence-corrected chi connectivity index (χ3v) is 3.41. The number of aromatic nitrogens is 1. The van der Waals surface area contributed by atoms with Gasteiger partial charge in [-0.25, -0.2) is 0 Å². The molecule has 0 aromatic carbocycles. The van der Waals surface area contributed by atoms with Gasteiger partial charge in [0.2, 0.25) is 0 Å². The summed E-state index contributed by atoms with van der Waals surface area (Å²) in [7, 11) is 2.12. The second-order valence-electron chi connectivity index (χ2n) is 5.50. The topological polar surface area (TPSA) is 41.3 Å². The Morgan fingerprint density at radius 1 is 1.33 bits per heavy atom. The first-order chi connectivity index (χ1) is 10.2. The highest BCUT2D eigenvalue weighted by Gasteiger charge is 2.10. The van der Waals surface area contributed by atoms with Crippen molar-refractivity contribution in [3.63, 3.8) is 0 Å². The van der Waals surface area contributed by atoms with Gasteiger partial charge in [-0.05, 0) is 44.6 Å². The molecular formula is C17H25N3O. The number of hydrogen-bond acceptors (Lipinski definition) is 4. The van der Waals surface area contributed by atoms with Crippen LogP contribution in [0.2, 0.25) is 0 Å². The van der Waals surface area contributed by atoms with Crippen LogP contribution < -0.4 is 5.32 Å². The fourth-order valence-electron chi connectivity index (χ4n) is 2.37. The molecule has 0 spiro atoms. The molecule has 2 rings (SSSR count). The van der Waals surface area contributed by atoms with E-state index in [1.165, 1.54) is 11.1 Å². The van der Waals surface area contributed by atoms with Gasteiger partial charge in [-0.1, -0.05) is 13.0 Å². The van der Waals surface area contributed by atoms with Gasteiger partial charge in [-0.3, -0.25) is 9.88 Å². The molecule has 0 aliphatic carbocycles. The molecule has 0 saturated heterocycles. The van der Waals surface area contributed by atoms with Crippen LogP contribution in [0, 0.1) is 6.92 Å². The number of nitrogens with zero attached hydrogens (tertiary/aromatic N) is 2. The third kappa shape index (κ3) is 4.99. The van der Waals surface area contributed by atoms with Crippen LogP contribution >= 0.6 is 0 Å². The van der Waals surface area contributed by atoms with Crippen molar-refractivity contribution in [1.29, 1.82) is 0 Å². The van der Waals surface area contributed by atoms with E-state index in [9.17, 15) is 0 Å². The number of hydrogen-bond donors (Lipinski definition) is 1. The Balaban J connectivity index is 1.89. The van der Waals surface area contributed by atoms with Crippen LogP contribution in [-0.2, 0) is 19.6 Å². The lowest BCUT2D eigenvalue weighted by Crippen LogP contribution is -2.17. The summed E-state index contributed by atoms with van der Waals surface area (Å²) < 4.78 is 5.81. The van der Waals surface area contributed by atoms with Crippen LogP contribution in [0.25, 0.3) is 0 Å². The molecule has 0 amide bonds. The summed E-state index contributed by atoms with van der Waals surface area (Å²) in [5.74, 6) is 2.03. The summed E-state index contributed by atoms with van der Waals surface area (Å²) in [6.07, 6.45) is 4.86. The summed E-state index contributed by atoms with van der Waals surface area (Å²) >= 11 is 0. The minimum Gasteiger partial charge on any atom is -0.465 e. The molecule has 21 heavy (non-hydrogen) atoms. The summed E-state index contributed by atoms with van der Waals surface area (Å²) in [6, 6.07) is 6.24. The van der Waals surface area contributed by atoms with E-state index in [-0.39, 0.29) is 0 Å². The number of rotatable bonds is 8. The zero-order chi connectivity index (χ0) is 15.1. The van der Waals surface area contributed by atoms with Crippen molar-refractivity contribution in [2.24, 2.45) is 0 Å². The molecule has 1 N–H and O–H groups in total. The smallest absolute Gasteiger partial charge is 0.118 e. The Morgan fingerprint density at radius 3 is 2.90 bits per heavy atom. The summed E-state index contributed by atoms with van der Waals surface area (Å²) in [5, 5.41) is 3.37. The molecule has 2 aromatic heterocycles. The third-order valence-electron chi connectivity index (χ3n) is 3.41. The first-order valence-corrected chi connectivity index (χ1v) is 7.55. The SMILES string of the molecule is CCCNCc1cc(CN(C)Cc2cccnc2)c(C)o1. The van der Waals surface area contributed by atoms with Crippen LogP contribution in [0.1, 0.15) is 36.0 Å². The monoisotopic (exact) mass is 287 g/mol. The molecule has 2 heterocycles. The van der Waals surface area contributed by atoms with Crippen molar-refractivity contribution in [2.45, 2.75) is 39.9 Å². The van der Waals surface area contributed by atoms with E-state index in [0.717, 1.165) is 44.1 Å². The average Bonchev–Trinajstić information content (AvgIpc) is 2.80. The van der Waals surface area contributed by atoms with Gasteiger partial charge in [0.1, 0.15) is 11.5 Å². The van der Waals surface area contributed by atoms with Crippen LogP contribution in [0.5, 0.6) is 0 Å². The maximum atomic E-state index is 5.81. The minimum absolute atomic E-state index is 0.807. The van der Waals surface area contributed by atoms with Crippen molar-refractivity contribution in [3.05, 3.63) is 53.2 Å². The lowest BCUT2D eigenvalue weighted by molar-refractivity contribution is 0.316. The van der Waals surface area contributed by atoms with Gasteiger partial charge in [-0.2, -0.15) is 0 Å². The number of furan rings is 1.